The van der Waals surface area contributed by atoms with Gasteiger partial charge in [-0.25, -0.2) is 0 Å². The molecule has 1 aliphatic rings. The summed E-state index contributed by atoms with van der Waals surface area (Å²) in [7, 11) is 0. The molecule has 1 aromatic carbocycles. The van der Waals surface area contributed by atoms with E-state index < -0.39 is 11.4 Å². The average Bonchev–Trinajstić information content (AvgIpc) is 2.34. The normalized spacial score (nSPS) is 18.2. The Balaban J connectivity index is 2.03. The van der Waals surface area contributed by atoms with Crippen LogP contribution in [0.3, 0.4) is 0 Å². The Morgan fingerprint density at radius 1 is 1.22 bits per heavy atom. The zero-order valence-electron chi connectivity index (χ0n) is 9.52. The summed E-state index contributed by atoms with van der Waals surface area (Å²) in [5.74, 6) is 0. The molecule has 8 heteroatoms. The molecule has 100 valence electrons. The van der Waals surface area contributed by atoms with Crippen LogP contribution in [0.25, 0.3) is 0 Å². The van der Waals surface area contributed by atoms with Gasteiger partial charge in [0.15, 0.2) is 0 Å². The summed E-state index contributed by atoms with van der Waals surface area (Å²) in [6.07, 6.45) is 0. The van der Waals surface area contributed by atoms with E-state index in [0.29, 0.717) is 26.3 Å². The molecule has 1 N–H and O–H groups in total. The zero-order chi connectivity index (χ0) is 13.0. The van der Waals surface area contributed by atoms with Crippen molar-refractivity contribution in [2.45, 2.75) is 0 Å². The molecule has 0 saturated carbocycles. The van der Waals surface area contributed by atoms with E-state index in [1.807, 2.05) is 4.90 Å². The van der Waals surface area contributed by atoms with E-state index in [0.717, 1.165) is 5.69 Å². The van der Waals surface area contributed by atoms with Gasteiger partial charge >= 0.3 is 11.4 Å². The standard InChI is InChI=1S/C10H13N2O5S/c13-12(14)10-3-1-9(2-4-10)11-5-7-16-18(15)17-8-6-11/h1-4,13H,5-8H2/q-1. The third kappa shape index (κ3) is 3.40. The minimum absolute atomic E-state index is 0.166. The van der Waals surface area contributed by atoms with Gasteiger partial charge in [0.25, 0.3) is 0 Å². The van der Waals surface area contributed by atoms with Crippen molar-refractivity contribution < 1.29 is 17.8 Å². The maximum Gasteiger partial charge on any atom is 0.304 e. The maximum atomic E-state index is 11.0. The second-order valence-electron chi connectivity index (χ2n) is 3.62. The molecule has 1 heterocycles. The summed E-state index contributed by atoms with van der Waals surface area (Å²) in [5.41, 5.74) is 1.04. The van der Waals surface area contributed by atoms with Crippen LogP contribution in [0.2, 0.25) is 0 Å². The van der Waals surface area contributed by atoms with Crippen molar-refractivity contribution in [3.63, 3.8) is 0 Å². The SMILES string of the molecule is O=S1OCCN(c2ccc(N([O-])O)cc2)CCO1. The van der Waals surface area contributed by atoms with Gasteiger partial charge in [0.2, 0.25) is 0 Å². The lowest BCUT2D eigenvalue weighted by molar-refractivity contribution is 0.239. The molecule has 1 aromatic rings. The fourth-order valence-electron chi connectivity index (χ4n) is 1.63. The third-order valence-electron chi connectivity index (χ3n) is 2.52. The second kappa shape index (κ2) is 6.12. The van der Waals surface area contributed by atoms with Gasteiger partial charge in [-0.3, -0.25) is 13.6 Å². The summed E-state index contributed by atoms with van der Waals surface area (Å²) < 4.78 is 20.8. The van der Waals surface area contributed by atoms with Crippen LogP contribution in [0.5, 0.6) is 0 Å². The summed E-state index contributed by atoms with van der Waals surface area (Å²) >= 11 is -1.66. The van der Waals surface area contributed by atoms with Crippen LogP contribution >= 0.6 is 0 Å². The molecule has 18 heavy (non-hydrogen) atoms. The minimum atomic E-state index is -1.66. The van der Waals surface area contributed by atoms with Crippen molar-refractivity contribution >= 4 is 22.7 Å². The Bertz CT molecular complexity index is 399. The lowest BCUT2D eigenvalue weighted by Crippen LogP contribution is -2.33. The van der Waals surface area contributed by atoms with E-state index >= 15 is 0 Å². The van der Waals surface area contributed by atoms with Gasteiger partial charge in [-0.05, 0) is 24.3 Å². The van der Waals surface area contributed by atoms with Crippen molar-refractivity contribution in [3.8, 4) is 0 Å². The van der Waals surface area contributed by atoms with Crippen molar-refractivity contribution in [1.82, 2.24) is 0 Å². The maximum absolute atomic E-state index is 11.0. The Labute approximate surface area is 107 Å². The highest BCUT2D eigenvalue weighted by atomic mass is 32.2. The molecule has 0 radical (unpaired) electrons. The van der Waals surface area contributed by atoms with Crippen LogP contribution in [-0.4, -0.2) is 35.7 Å². The second-order valence-corrected chi connectivity index (χ2v) is 4.50. The lowest BCUT2D eigenvalue weighted by Gasteiger charge is -2.27. The van der Waals surface area contributed by atoms with Crippen LogP contribution in [0, 0.1) is 5.21 Å². The highest BCUT2D eigenvalue weighted by Gasteiger charge is 2.12. The van der Waals surface area contributed by atoms with Crippen LogP contribution in [-0.2, 0) is 19.7 Å². The molecular weight excluding hydrogens is 260 g/mol. The van der Waals surface area contributed by atoms with Gasteiger partial charge in [0.05, 0.1) is 18.9 Å². The number of hydrogen-bond acceptors (Lipinski definition) is 7. The fourth-order valence-corrected chi connectivity index (χ4v) is 2.12. The third-order valence-corrected chi connectivity index (χ3v) is 3.24. The van der Waals surface area contributed by atoms with Crippen LogP contribution in [0.1, 0.15) is 0 Å². The quantitative estimate of drug-likeness (QED) is 0.798. The van der Waals surface area contributed by atoms with E-state index in [1.165, 1.54) is 12.1 Å². The molecule has 0 unspecified atom stereocenters. The topological polar surface area (TPSA) is 85.3 Å². The van der Waals surface area contributed by atoms with Gasteiger partial charge in [-0.15, -0.1) is 0 Å². The molecule has 1 aliphatic heterocycles. The first-order chi connectivity index (χ1) is 8.66. The number of rotatable bonds is 2. The van der Waals surface area contributed by atoms with Gasteiger partial charge in [0.1, 0.15) is 0 Å². The van der Waals surface area contributed by atoms with E-state index in [-0.39, 0.29) is 10.9 Å². The Morgan fingerprint density at radius 3 is 2.28 bits per heavy atom. The predicted molar refractivity (Wildman–Crippen MR) is 66.3 cm³/mol. The summed E-state index contributed by atoms with van der Waals surface area (Å²) in [6, 6.07) is 6.46. The molecule has 1 saturated heterocycles. The molecule has 0 bridgehead atoms. The summed E-state index contributed by atoms with van der Waals surface area (Å²) in [5, 5.41) is 19.2. The van der Waals surface area contributed by atoms with Gasteiger partial charge in [0, 0.05) is 18.8 Å². The lowest BCUT2D eigenvalue weighted by atomic mass is 10.2. The van der Waals surface area contributed by atoms with E-state index in [2.05, 4.69) is 0 Å². The predicted octanol–water partition coefficient (Wildman–Crippen LogP) is 0.812. The molecule has 0 spiro atoms. The first-order valence-corrected chi connectivity index (χ1v) is 6.36. The molecule has 0 atom stereocenters. The molecule has 1 fully saturated rings. The summed E-state index contributed by atoms with van der Waals surface area (Å²) in [4.78, 5) is 1.98. The van der Waals surface area contributed by atoms with Crippen molar-refractivity contribution in [1.29, 1.82) is 0 Å². The molecule has 0 amide bonds. The van der Waals surface area contributed by atoms with E-state index in [1.54, 1.807) is 12.1 Å². The van der Waals surface area contributed by atoms with Gasteiger partial charge in [-0.1, -0.05) is 0 Å². The number of nitrogens with zero attached hydrogens (tertiary/aromatic N) is 2. The smallest absolute Gasteiger partial charge is 0.304 e. The monoisotopic (exact) mass is 273 g/mol. The Morgan fingerprint density at radius 2 is 1.78 bits per heavy atom. The number of hydrogen-bond donors (Lipinski definition) is 1. The highest BCUT2D eigenvalue weighted by Crippen LogP contribution is 2.20. The van der Waals surface area contributed by atoms with E-state index in [4.69, 9.17) is 13.6 Å². The Kier molecular flexibility index (Phi) is 4.50. The highest BCUT2D eigenvalue weighted by molar-refractivity contribution is 7.75. The molecule has 7 nitrogen and oxygen atoms in total. The van der Waals surface area contributed by atoms with Gasteiger partial charge in [-0.2, -0.15) is 4.21 Å². The van der Waals surface area contributed by atoms with Crippen molar-refractivity contribution in [3.05, 3.63) is 29.5 Å². The number of benzene rings is 1. The average molecular weight is 273 g/mol. The fraction of sp³-hybridized carbons (Fsp3) is 0.400. The van der Waals surface area contributed by atoms with Crippen LogP contribution in [0.15, 0.2) is 24.3 Å². The first kappa shape index (κ1) is 13.2. The van der Waals surface area contributed by atoms with Crippen LogP contribution in [0.4, 0.5) is 11.4 Å². The zero-order valence-corrected chi connectivity index (χ0v) is 10.3. The molecule has 0 aliphatic carbocycles. The minimum Gasteiger partial charge on any atom is -0.733 e. The van der Waals surface area contributed by atoms with Crippen molar-refractivity contribution in [2.75, 3.05) is 36.4 Å². The number of anilines is 2. The first-order valence-electron chi connectivity index (χ1n) is 5.36. The Hall–Kier alpha value is -1.19. The van der Waals surface area contributed by atoms with Crippen LogP contribution < -0.4 is 10.1 Å². The largest absolute Gasteiger partial charge is 0.733 e. The molecule has 2 rings (SSSR count). The molecular formula is C10H13N2O5S-. The van der Waals surface area contributed by atoms with Gasteiger partial charge < -0.3 is 15.3 Å². The molecule has 0 aromatic heterocycles. The van der Waals surface area contributed by atoms with E-state index in [9.17, 15) is 9.42 Å². The summed E-state index contributed by atoms with van der Waals surface area (Å²) in [6.45, 7) is 1.74. The van der Waals surface area contributed by atoms with Crippen molar-refractivity contribution in [2.24, 2.45) is 0 Å².